The van der Waals surface area contributed by atoms with Crippen molar-refractivity contribution in [1.82, 2.24) is 0 Å². The highest BCUT2D eigenvalue weighted by molar-refractivity contribution is 7.29. The Hall–Kier alpha value is -3.36. The van der Waals surface area contributed by atoms with Gasteiger partial charge in [0.05, 0.1) is 18.2 Å². The van der Waals surface area contributed by atoms with Crippen LogP contribution >= 0.6 is 8.08 Å². The van der Waals surface area contributed by atoms with E-state index in [0.717, 1.165) is 33.8 Å². The van der Waals surface area contributed by atoms with Crippen molar-refractivity contribution < 1.29 is 17.6 Å². The Kier molecular flexibility index (Phi) is 3.26. The lowest BCUT2D eigenvalue weighted by Gasteiger charge is -2.08. The van der Waals surface area contributed by atoms with E-state index < -0.39 is 8.08 Å². The molecule has 1 unspecified atom stereocenters. The summed E-state index contributed by atoms with van der Waals surface area (Å²) >= 11 is 0. The summed E-state index contributed by atoms with van der Waals surface area (Å²) < 4.78 is 16.9. The van der Waals surface area contributed by atoms with Gasteiger partial charge in [0.1, 0.15) is 5.75 Å². The second-order valence-corrected chi connectivity index (χ2v) is 8.24. The van der Waals surface area contributed by atoms with Crippen LogP contribution in [0, 0.1) is 0 Å². The Balaban J connectivity index is 1.79. The van der Waals surface area contributed by atoms with Gasteiger partial charge in [-0.15, -0.1) is 0 Å². The first kappa shape index (κ1) is 15.7. The summed E-state index contributed by atoms with van der Waals surface area (Å²) in [6, 6.07) is 29.3. The molecule has 1 atom stereocenters. The molecule has 28 heavy (non-hydrogen) atoms. The molecule has 4 heterocycles. The number of fused-ring (bicyclic) bond motifs is 5. The van der Waals surface area contributed by atoms with E-state index in [-0.39, 0.29) is 0 Å². The molecular formula is C23H17N2O2P+2. The van der Waals surface area contributed by atoms with Gasteiger partial charge < -0.3 is 9.26 Å². The van der Waals surface area contributed by atoms with Crippen molar-refractivity contribution in [2.75, 3.05) is 7.11 Å². The first-order chi connectivity index (χ1) is 13.9. The Morgan fingerprint density at radius 1 is 0.679 bits per heavy atom. The molecule has 2 aromatic carbocycles. The second-order valence-electron chi connectivity index (χ2n) is 6.76. The van der Waals surface area contributed by atoms with E-state index in [1.165, 1.54) is 11.2 Å². The van der Waals surface area contributed by atoms with Crippen LogP contribution < -0.4 is 17.6 Å². The first-order valence-corrected chi connectivity index (χ1v) is 10.4. The average molecular weight is 384 g/mol. The van der Waals surface area contributed by atoms with Crippen molar-refractivity contribution in [3.63, 3.8) is 0 Å². The SMILES string of the molecule is COc1ccccc1-c1cccc2c3cccc4[n+]3p([n+]12)Oc1ccccc1-4. The third-order valence-electron chi connectivity index (χ3n) is 5.26. The number of rotatable bonds is 2. The maximum Gasteiger partial charge on any atom is 0.653 e. The van der Waals surface area contributed by atoms with Crippen LogP contribution in [0.4, 0.5) is 0 Å². The molecule has 3 aromatic heterocycles. The van der Waals surface area contributed by atoms with Crippen molar-refractivity contribution in [2.24, 2.45) is 0 Å². The van der Waals surface area contributed by atoms with Crippen molar-refractivity contribution in [3.05, 3.63) is 84.9 Å². The number of para-hydroxylation sites is 2. The van der Waals surface area contributed by atoms with E-state index in [9.17, 15) is 0 Å². The monoisotopic (exact) mass is 384 g/mol. The maximum absolute atomic E-state index is 6.57. The van der Waals surface area contributed by atoms with Gasteiger partial charge in [-0.2, -0.15) is 0 Å². The lowest BCUT2D eigenvalue weighted by Crippen LogP contribution is -2.30. The van der Waals surface area contributed by atoms with Gasteiger partial charge in [-0.25, -0.2) is 0 Å². The van der Waals surface area contributed by atoms with Crippen LogP contribution in [0.15, 0.2) is 84.9 Å². The van der Waals surface area contributed by atoms with E-state index in [2.05, 4.69) is 69.0 Å². The normalized spacial score (nSPS) is 12.7. The maximum atomic E-state index is 6.57. The number of nitrogens with zero attached hydrogens (tertiary/aromatic N) is 2. The smallest absolute Gasteiger partial charge is 0.496 e. The zero-order valence-electron chi connectivity index (χ0n) is 15.2. The van der Waals surface area contributed by atoms with Crippen LogP contribution in [-0.4, -0.2) is 7.11 Å². The highest BCUT2D eigenvalue weighted by Gasteiger charge is 2.42. The molecule has 0 aliphatic carbocycles. The van der Waals surface area contributed by atoms with Crippen LogP contribution in [0.2, 0.25) is 0 Å². The number of hydrogen-bond donors (Lipinski definition) is 0. The molecule has 6 rings (SSSR count). The van der Waals surface area contributed by atoms with Crippen molar-refractivity contribution >= 4 is 19.1 Å². The Labute approximate surface area is 163 Å². The molecular weight excluding hydrogens is 367 g/mol. The van der Waals surface area contributed by atoms with E-state index in [4.69, 9.17) is 9.26 Å². The second kappa shape index (κ2) is 5.82. The standard InChI is InChI=1S/C23H17N2O2P/c1-26-22-14-4-2-8-16(22)18-10-6-12-20-21-13-7-11-19-17-9-3-5-15-23(17)27-28(24(18)20)25(19)21/h2-15H,1H3/q+2. The Bertz CT molecular complexity index is 1390. The molecule has 0 amide bonds. The fourth-order valence-corrected chi connectivity index (χ4v) is 6.14. The van der Waals surface area contributed by atoms with Crippen LogP contribution in [0.3, 0.4) is 0 Å². The molecule has 0 spiro atoms. The predicted octanol–water partition coefficient (Wildman–Crippen LogP) is 4.65. The van der Waals surface area contributed by atoms with Crippen LogP contribution in [0.1, 0.15) is 0 Å². The van der Waals surface area contributed by atoms with Gasteiger partial charge in [0.25, 0.3) is 11.0 Å². The van der Waals surface area contributed by atoms with Gasteiger partial charge >= 0.3 is 8.08 Å². The Morgan fingerprint density at radius 2 is 1.29 bits per heavy atom. The molecule has 0 fully saturated rings. The van der Waals surface area contributed by atoms with Crippen LogP contribution in [0.5, 0.6) is 11.5 Å². The minimum absolute atomic E-state index is 0.858. The summed E-state index contributed by atoms with van der Waals surface area (Å²) in [6.45, 7) is 0. The average Bonchev–Trinajstić information content (AvgIpc) is 3.09. The van der Waals surface area contributed by atoms with Crippen molar-refractivity contribution in [3.8, 4) is 34.0 Å². The number of hydrogen-bond acceptors (Lipinski definition) is 2. The van der Waals surface area contributed by atoms with E-state index in [0.29, 0.717) is 0 Å². The third kappa shape index (κ3) is 2.01. The topological polar surface area (TPSA) is 26.7 Å². The summed E-state index contributed by atoms with van der Waals surface area (Å²) in [4.78, 5) is 0. The van der Waals surface area contributed by atoms with Crippen molar-refractivity contribution in [2.45, 2.75) is 0 Å². The zero-order valence-corrected chi connectivity index (χ0v) is 16.1. The number of methoxy groups -OCH3 is 1. The number of aromatic nitrogens is 2. The van der Waals surface area contributed by atoms with Gasteiger partial charge in [-0.3, -0.25) is 0 Å². The summed E-state index contributed by atoms with van der Waals surface area (Å²) in [7, 11) is 0.636. The molecule has 0 radical (unpaired) electrons. The molecule has 134 valence electrons. The minimum atomic E-state index is -1.08. The highest BCUT2D eigenvalue weighted by Crippen LogP contribution is 2.40. The zero-order chi connectivity index (χ0) is 18.7. The van der Waals surface area contributed by atoms with Crippen molar-refractivity contribution in [1.29, 1.82) is 0 Å². The van der Waals surface area contributed by atoms with Gasteiger partial charge in [-0.05, 0) is 36.4 Å². The third-order valence-corrected chi connectivity index (χ3v) is 7.17. The predicted molar refractivity (Wildman–Crippen MR) is 109 cm³/mol. The van der Waals surface area contributed by atoms with E-state index in [1.54, 1.807) is 7.11 Å². The fourth-order valence-electron chi connectivity index (χ4n) is 4.04. The summed E-state index contributed by atoms with van der Waals surface area (Å²) in [5, 5.41) is 0. The van der Waals surface area contributed by atoms with Gasteiger partial charge in [0, 0.05) is 24.3 Å². The van der Waals surface area contributed by atoms with Crippen LogP contribution in [0.25, 0.3) is 33.5 Å². The molecule has 4 nitrogen and oxygen atoms in total. The summed E-state index contributed by atoms with van der Waals surface area (Å²) in [5.41, 5.74) is 6.82. The molecule has 0 bridgehead atoms. The number of ether oxygens (including phenoxy) is 1. The number of pyridine rings is 2. The van der Waals surface area contributed by atoms with Crippen LogP contribution in [-0.2, 0) is 0 Å². The molecule has 0 saturated carbocycles. The summed E-state index contributed by atoms with van der Waals surface area (Å²) in [6.07, 6.45) is 0. The molecule has 1 aliphatic heterocycles. The van der Waals surface area contributed by atoms with Gasteiger partial charge in [0.2, 0.25) is 11.4 Å². The summed E-state index contributed by atoms with van der Waals surface area (Å²) in [5.74, 6) is 1.79. The molecule has 5 aromatic rings. The Morgan fingerprint density at radius 3 is 2.00 bits per heavy atom. The minimum Gasteiger partial charge on any atom is -0.496 e. The number of benzene rings is 2. The fraction of sp³-hybridized carbons (Fsp3) is 0.0435. The quantitative estimate of drug-likeness (QED) is 0.435. The molecule has 5 heteroatoms. The van der Waals surface area contributed by atoms with Gasteiger partial charge in [0.15, 0.2) is 5.75 Å². The lowest BCUT2D eigenvalue weighted by atomic mass is 10.1. The lowest BCUT2D eigenvalue weighted by molar-refractivity contribution is -0.490. The van der Waals surface area contributed by atoms with Gasteiger partial charge in [-0.1, -0.05) is 32.6 Å². The molecule has 0 N–H and O–H groups in total. The molecule has 0 saturated heterocycles. The van der Waals surface area contributed by atoms with E-state index in [1.807, 2.05) is 24.3 Å². The largest absolute Gasteiger partial charge is 0.653 e. The van der Waals surface area contributed by atoms with E-state index >= 15 is 0 Å². The first-order valence-electron chi connectivity index (χ1n) is 9.19. The highest BCUT2D eigenvalue weighted by atomic mass is 31.1. The molecule has 1 aliphatic rings.